The van der Waals surface area contributed by atoms with E-state index in [4.69, 9.17) is 40.5 Å². The van der Waals surface area contributed by atoms with Crippen molar-refractivity contribution in [3.05, 3.63) is 28.2 Å². The Hall–Kier alpha value is -0.490. The Morgan fingerprint density at radius 1 is 1.31 bits per heavy atom. The van der Waals surface area contributed by atoms with Crippen LogP contribution in [0.15, 0.2) is 23.1 Å². The molecule has 0 unspecified atom stereocenters. The van der Waals surface area contributed by atoms with E-state index in [-0.39, 0.29) is 26.7 Å². The highest BCUT2D eigenvalue weighted by Crippen LogP contribution is 2.23. The van der Waals surface area contributed by atoms with Crippen LogP contribution in [0.4, 0.5) is 0 Å². The lowest BCUT2D eigenvalue weighted by molar-refractivity contribution is -0.269. The minimum Gasteiger partial charge on any atom is -0.289 e. The molecule has 0 radical (unpaired) electrons. The van der Waals surface area contributed by atoms with Crippen LogP contribution in [0.3, 0.4) is 0 Å². The fourth-order valence-corrected chi connectivity index (χ4v) is 2.47. The van der Waals surface area contributed by atoms with Gasteiger partial charge in [-0.05, 0) is 18.2 Å². The van der Waals surface area contributed by atoms with Gasteiger partial charge in [0, 0.05) is 0 Å². The molecule has 1 rings (SSSR count). The Bertz CT molecular complexity index is 528. The van der Waals surface area contributed by atoms with Crippen molar-refractivity contribution < 1.29 is 12.8 Å². The first-order valence-corrected chi connectivity index (χ1v) is 6.79. The number of sulfonamides is 1. The second kappa shape index (κ2) is 5.23. The average Bonchev–Trinajstić information content (AvgIpc) is 2.21. The lowest BCUT2D eigenvalue weighted by Gasteiger charge is -1.99. The zero-order chi connectivity index (χ0) is 12.3. The Labute approximate surface area is 108 Å². The lowest BCUT2D eigenvalue weighted by atomic mass is 10.4. The Morgan fingerprint density at radius 3 is 2.44 bits per heavy atom. The number of alkyl halides is 1. The minimum atomic E-state index is -3.75. The van der Waals surface area contributed by atoms with Gasteiger partial charge in [0.15, 0.2) is 0 Å². The summed E-state index contributed by atoms with van der Waals surface area (Å²) in [5.74, 6) is -0.173. The largest absolute Gasteiger partial charge is 0.328 e. The predicted octanol–water partition coefficient (Wildman–Crippen LogP) is 0.359. The highest BCUT2D eigenvalue weighted by atomic mass is 35.5. The number of amidine groups is 1. The van der Waals surface area contributed by atoms with E-state index in [1.54, 1.807) is 0 Å². The quantitative estimate of drug-likeness (QED) is 0.481. The number of hydrogen-bond acceptors (Lipinski definition) is 2. The second-order valence-corrected chi connectivity index (χ2v) is 5.60. The molecule has 1 aromatic rings. The van der Waals surface area contributed by atoms with Gasteiger partial charge in [0.2, 0.25) is 0 Å². The Morgan fingerprint density at radius 2 is 1.94 bits per heavy atom. The molecule has 0 saturated heterocycles. The van der Waals surface area contributed by atoms with Crippen molar-refractivity contribution in [2.45, 2.75) is 4.90 Å². The summed E-state index contributed by atoms with van der Waals surface area (Å²) in [6, 6.07) is 3.93. The zero-order valence-electron chi connectivity index (χ0n) is 7.88. The molecule has 1 aromatic carbocycles. The van der Waals surface area contributed by atoms with Crippen LogP contribution in [-0.2, 0) is 10.0 Å². The molecule has 4 nitrogen and oxygen atoms in total. The molecule has 0 fully saturated rings. The zero-order valence-corrected chi connectivity index (χ0v) is 11.0. The Balaban J connectivity index is 3.23. The monoisotopic (exact) mass is 301 g/mol. The van der Waals surface area contributed by atoms with Crippen LogP contribution in [0.1, 0.15) is 0 Å². The smallest absolute Gasteiger partial charge is 0.289 e. The van der Waals surface area contributed by atoms with E-state index in [0.29, 0.717) is 0 Å². The fraction of sp³-hybridized carbons (Fsp3) is 0.125. The highest BCUT2D eigenvalue weighted by molar-refractivity contribution is 7.84. The van der Waals surface area contributed by atoms with Crippen molar-refractivity contribution in [3.8, 4) is 0 Å². The lowest BCUT2D eigenvalue weighted by Crippen LogP contribution is -2.79. The number of nitrogens with one attached hydrogen (secondary N) is 1. The van der Waals surface area contributed by atoms with Gasteiger partial charge >= 0.3 is 10.0 Å². The van der Waals surface area contributed by atoms with E-state index in [0.717, 1.165) is 0 Å². The van der Waals surface area contributed by atoms with Crippen molar-refractivity contribution in [2.24, 2.45) is 5.73 Å². The number of rotatable bonds is 3. The van der Waals surface area contributed by atoms with E-state index >= 15 is 0 Å². The summed E-state index contributed by atoms with van der Waals surface area (Å²) in [5, 5.41) is 0.420. The number of nitrogens with two attached hydrogens (primary N) is 1. The van der Waals surface area contributed by atoms with Gasteiger partial charge in [-0.25, -0.2) is 0 Å². The SMILES string of the molecule is NC(CCl)=[NH+]S(=O)(=O)c1ccc(Cl)c(Cl)c1. The molecule has 8 heteroatoms. The molecule has 3 N–H and O–H groups in total. The maximum Gasteiger partial charge on any atom is 0.328 e. The van der Waals surface area contributed by atoms with E-state index in [1.165, 1.54) is 18.2 Å². The van der Waals surface area contributed by atoms with E-state index in [2.05, 4.69) is 4.40 Å². The predicted molar refractivity (Wildman–Crippen MR) is 64.5 cm³/mol. The third-order valence-electron chi connectivity index (χ3n) is 1.61. The van der Waals surface area contributed by atoms with Crippen LogP contribution in [0.5, 0.6) is 0 Å². The van der Waals surface area contributed by atoms with Gasteiger partial charge in [0.1, 0.15) is 10.8 Å². The average molecular weight is 303 g/mol. The van der Waals surface area contributed by atoms with Crippen molar-refractivity contribution in [2.75, 3.05) is 5.88 Å². The molecule has 0 aromatic heterocycles. The molecule has 0 bridgehead atoms. The topological polar surface area (TPSA) is 74.1 Å². The third-order valence-corrected chi connectivity index (χ3v) is 4.04. The first-order valence-electron chi connectivity index (χ1n) is 4.02. The van der Waals surface area contributed by atoms with Gasteiger partial charge in [0.05, 0.1) is 10.0 Å². The van der Waals surface area contributed by atoms with Crippen LogP contribution in [0.2, 0.25) is 10.0 Å². The van der Waals surface area contributed by atoms with Gasteiger partial charge in [-0.2, -0.15) is 12.8 Å². The highest BCUT2D eigenvalue weighted by Gasteiger charge is 2.17. The van der Waals surface area contributed by atoms with E-state index < -0.39 is 10.0 Å². The van der Waals surface area contributed by atoms with Crippen LogP contribution < -0.4 is 10.1 Å². The van der Waals surface area contributed by atoms with E-state index in [1.807, 2.05) is 0 Å². The van der Waals surface area contributed by atoms with Gasteiger partial charge in [0.25, 0.3) is 5.84 Å². The number of halogens is 3. The molecule has 0 aliphatic rings. The van der Waals surface area contributed by atoms with Crippen LogP contribution in [0.25, 0.3) is 0 Å². The number of hydrogen-bond donors (Lipinski definition) is 2. The van der Waals surface area contributed by atoms with E-state index in [9.17, 15) is 8.42 Å². The number of benzene rings is 1. The maximum absolute atomic E-state index is 11.7. The molecule has 0 heterocycles. The molecule has 0 amide bonds. The first-order chi connectivity index (χ1) is 7.36. The normalized spacial score (nSPS) is 12.8. The fourth-order valence-electron chi connectivity index (χ4n) is 0.903. The summed E-state index contributed by atoms with van der Waals surface area (Å²) in [6.45, 7) is 0. The molecular formula is C8H8Cl3N2O2S+. The van der Waals surface area contributed by atoms with Gasteiger partial charge < -0.3 is 0 Å². The van der Waals surface area contributed by atoms with Gasteiger partial charge in [-0.15, -0.1) is 11.6 Å². The molecular weight excluding hydrogens is 295 g/mol. The molecule has 88 valence electrons. The van der Waals surface area contributed by atoms with Crippen LogP contribution in [-0.4, -0.2) is 20.1 Å². The summed E-state index contributed by atoms with van der Waals surface area (Å²) in [4.78, 5) is -0.0324. The van der Waals surface area contributed by atoms with Crippen molar-refractivity contribution in [3.63, 3.8) is 0 Å². The summed E-state index contributed by atoms with van der Waals surface area (Å²) >= 11 is 16.7. The van der Waals surface area contributed by atoms with Crippen molar-refractivity contribution in [1.82, 2.24) is 0 Å². The summed E-state index contributed by atoms with van der Waals surface area (Å²) in [5.41, 5.74) is 5.30. The third kappa shape index (κ3) is 3.25. The standard InChI is InChI=1S/C8H7Cl3N2O2S/c9-4-8(12)13-16(14,15)5-1-2-6(10)7(11)3-5/h1-3H,4H2,(H2,12,13)/p+1. The molecule has 0 aliphatic carbocycles. The first kappa shape index (κ1) is 13.6. The summed E-state index contributed by atoms with van der Waals surface area (Å²) in [7, 11) is -3.75. The van der Waals surface area contributed by atoms with Gasteiger partial charge in [-0.1, -0.05) is 23.2 Å². The summed E-state index contributed by atoms with van der Waals surface area (Å²) in [6.07, 6.45) is 0. The van der Waals surface area contributed by atoms with Crippen molar-refractivity contribution >= 4 is 50.7 Å². The molecule has 0 aliphatic heterocycles. The molecule has 0 spiro atoms. The van der Waals surface area contributed by atoms with Crippen molar-refractivity contribution in [1.29, 1.82) is 0 Å². The van der Waals surface area contributed by atoms with Crippen LogP contribution >= 0.6 is 34.8 Å². The minimum absolute atomic E-state index is 0.0324. The molecule has 16 heavy (non-hydrogen) atoms. The molecule has 0 atom stereocenters. The van der Waals surface area contributed by atoms with Gasteiger partial charge in [-0.3, -0.25) is 5.73 Å². The Kier molecular flexibility index (Phi) is 4.43. The molecule has 0 saturated carbocycles. The summed E-state index contributed by atoms with van der Waals surface area (Å²) < 4.78 is 25.5. The van der Waals surface area contributed by atoms with Crippen LogP contribution in [0, 0.1) is 0 Å². The maximum atomic E-state index is 11.7. The second-order valence-electron chi connectivity index (χ2n) is 2.84.